The maximum absolute atomic E-state index is 12.5. The molecule has 0 atom stereocenters. The third kappa shape index (κ3) is 3.12. The van der Waals surface area contributed by atoms with E-state index in [1.807, 2.05) is 4.72 Å². The molecule has 0 bridgehead atoms. The van der Waals surface area contributed by atoms with Crippen LogP contribution in [0.4, 0.5) is 19.0 Å². The first-order valence-electron chi connectivity index (χ1n) is 5.52. The molecule has 2 rings (SSSR count). The molecule has 0 unspecified atom stereocenters. The van der Waals surface area contributed by atoms with Gasteiger partial charge in [0.15, 0.2) is 16.5 Å². The van der Waals surface area contributed by atoms with Crippen LogP contribution in [0.25, 0.3) is 0 Å². The Kier molecular flexibility index (Phi) is 3.61. The van der Waals surface area contributed by atoms with Gasteiger partial charge in [0.05, 0.1) is 18.6 Å². The van der Waals surface area contributed by atoms with Gasteiger partial charge < -0.3 is 0 Å². The molecule has 7 nitrogen and oxygen atoms in total. The van der Waals surface area contributed by atoms with Crippen molar-refractivity contribution < 1.29 is 21.6 Å². The number of alkyl halides is 3. The number of halogens is 3. The smallest absolute Gasteiger partial charge is 0.261 e. The van der Waals surface area contributed by atoms with E-state index in [-0.39, 0.29) is 5.03 Å². The molecule has 1 N–H and O–H groups in total. The Morgan fingerprint density at radius 3 is 2.43 bits per heavy atom. The lowest BCUT2D eigenvalue weighted by Gasteiger charge is -2.10. The van der Waals surface area contributed by atoms with Crippen molar-refractivity contribution in [1.82, 2.24) is 19.7 Å². The summed E-state index contributed by atoms with van der Waals surface area (Å²) in [6, 6.07) is 0. The van der Waals surface area contributed by atoms with Crippen LogP contribution in [0, 0.1) is 6.92 Å². The van der Waals surface area contributed by atoms with Crippen LogP contribution in [0.5, 0.6) is 0 Å². The van der Waals surface area contributed by atoms with E-state index in [0.29, 0.717) is 11.8 Å². The zero-order chi connectivity index (χ0) is 15.8. The van der Waals surface area contributed by atoms with Crippen molar-refractivity contribution >= 4 is 15.8 Å². The Hall–Kier alpha value is -2.17. The number of hydrogen-bond donors (Lipinski definition) is 1. The molecular formula is C10H10F3N5O2S. The first-order valence-corrected chi connectivity index (χ1v) is 7.00. The van der Waals surface area contributed by atoms with Crippen LogP contribution in [-0.4, -0.2) is 28.2 Å². The number of sulfonamides is 1. The molecule has 0 fully saturated rings. The van der Waals surface area contributed by atoms with E-state index >= 15 is 0 Å². The van der Waals surface area contributed by atoms with Crippen molar-refractivity contribution in [3.63, 3.8) is 0 Å². The molecule has 0 aliphatic heterocycles. The highest BCUT2D eigenvalue weighted by molar-refractivity contribution is 7.92. The average molecular weight is 321 g/mol. The number of nitrogens with zero attached hydrogens (tertiary/aromatic N) is 4. The van der Waals surface area contributed by atoms with Gasteiger partial charge in [0.25, 0.3) is 10.0 Å². The molecule has 21 heavy (non-hydrogen) atoms. The fraction of sp³-hybridized carbons (Fsp3) is 0.300. The molecule has 114 valence electrons. The first kappa shape index (κ1) is 15.2. The van der Waals surface area contributed by atoms with Gasteiger partial charge in [-0.15, -0.1) is 0 Å². The normalized spacial score (nSPS) is 12.4. The predicted molar refractivity (Wildman–Crippen MR) is 65.8 cm³/mol. The topological polar surface area (TPSA) is 89.8 Å². The number of hydrogen-bond acceptors (Lipinski definition) is 5. The van der Waals surface area contributed by atoms with E-state index in [1.54, 1.807) is 0 Å². The first-order chi connectivity index (χ1) is 9.61. The summed E-state index contributed by atoms with van der Waals surface area (Å²) in [6.45, 7) is 1.51. The molecule has 0 aromatic carbocycles. The van der Waals surface area contributed by atoms with E-state index in [1.165, 1.54) is 20.2 Å². The highest BCUT2D eigenvalue weighted by Crippen LogP contribution is 2.28. The minimum absolute atomic E-state index is 0.165. The summed E-state index contributed by atoms with van der Waals surface area (Å²) in [6.07, 6.45) is -1.99. The standard InChI is InChI=1S/C10H10F3N5O2S/c1-6-3-15-18(2)9(6)21(19,20)17-8-5-14-4-7(16-8)10(11,12)13/h3-5H,1-2H3,(H,16,17). The highest BCUT2D eigenvalue weighted by atomic mass is 32.2. The van der Waals surface area contributed by atoms with Crippen LogP contribution in [-0.2, 0) is 23.2 Å². The van der Waals surface area contributed by atoms with Crippen molar-refractivity contribution in [1.29, 1.82) is 0 Å². The van der Waals surface area contributed by atoms with Crippen LogP contribution in [0.1, 0.15) is 11.3 Å². The second-order valence-electron chi connectivity index (χ2n) is 4.15. The molecule has 0 spiro atoms. The predicted octanol–water partition coefficient (Wildman–Crippen LogP) is 1.34. The van der Waals surface area contributed by atoms with Crippen molar-refractivity contribution in [3.05, 3.63) is 29.8 Å². The van der Waals surface area contributed by atoms with Crippen molar-refractivity contribution in [2.45, 2.75) is 18.1 Å². The summed E-state index contributed by atoms with van der Waals surface area (Å²) in [5, 5.41) is 3.60. The lowest BCUT2D eigenvalue weighted by Crippen LogP contribution is -2.19. The Bertz CT molecular complexity index is 750. The maximum Gasteiger partial charge on any atom is 0.434 e. The number of rotatable bonds is 3. The minimum Gasteiger partial charge on any atom is -0.261 e. The number of aryl methyl sites for hydroxylation is 2. The fourth-order valence-corrected chi connectivity index (χ4v) is 3.00. The largest absolute Gasteiger partial charge is 0.434 e. The highest BCUT2D eigenvalue weighted by Gasteiger charge is 2.33. The van der Waals surface area contributed by atoms with Crippen LogP contribution < -0.4 is 4.72 Å². The molecule has 11 heteroatoms. The summed E-state index contributed by atoms with van der Waals surface area (Å²) in [5.41, 5.74) is -0.936. The van der Waals surface area contributed by atoms with Gasteiger partial charge in [-0.1, -0.05) is 0 Å². The van der Waals surface area contributed by atoms with Crippen LogP contribution in [0.3, 0.4) is 0 Å². The van der Waals surface area contributed by atoms with Gasteiger partial charge >= 0.3 is 6.18 Å². The molecule has 0 amide bonds. The van der Waals surface area contributed by atoms with Gasteiger partial charge in [0.1, 0.15) is 0 Å². The molecule has 2 aromatic heterocycles. The van der Waals surface area contributed by atoms with E-state index < -0.39 is 27.7 Å². The summed E-state index contributed by atoms with van der Waals surface area (Å²) in [5.74, 6) is -0.523. The third-order valence-corrected chi connectivity index (χ3v) is 4.05. The van der Waals surface area contributed by atoms with Crippen LogP contribution in [0.2, 0.25) is 0 Å². The lowest BCUT2D eigenvalue weighted by atomic mass is 10.4. The van der Waals surface area contributed by atoms with Gasteiger partial charge in [0.2, 0.25) is 0 Å². The SMILES string of the molecule is Cc1cnn(C)c1S(=O)(=O)Nc1cncc(C(F)(F)F)n1. The number of aromatic nitrogens is 4. The lowest BCUT2D eigenvalue weighted by molar-refractivity contribution is -0.141. The number of anilines is 1. The zero-order valence-electron chi connectivity index (χ0n) is 10.9. The van der Waals surface area contributed by atoms with Crippen molar-refractivity contribution in [2.75, 3.05) is 4.72 Å². The van der Waals surface area contributed by atoms with E-state index in [0.717, 1.165) is 10.9 Å². The molecule has 2 aromatic rings. The van der Waals surface area contributed by atoms with E-state index in [9.17, 15) is 21.6 Å². The summed E-state index contributed by atoms with van der Waals surface area (Å²) in [7, 11) is -2.71. The van der Waals surface area contributed by atoms with Gasteiger partial charge in [-0.25, -0.2) is 4.98 Å². The average Bonchev–Trinajstić information content (AvgIpc) is 2.68. The molecular weight excluding hydrogens is 311 g/mol. The molecule has 0 saturated carbocycles. The van der Waals surface area contributed by atoms with Gasteiger partial charge in [0, 0.05) is 12.6 Å². The number of nitrogens with one attached hydrogen (secondary N) is 1. The fourth-order valence-electron chi connectivity index (χ4n) is 1.66. The Morgan fingerprint density at radius 1 is 1.24 bits per heavy atom. The van der Waals surface area contributed by atoms with Gasteiger partial charge in [-0.05, 0) is 6.92 Å². The van der Waals surface area contributed by atoms with Crippen LogP contribution in [0.15, 0.2) is 23.6 Å². The Morgan fingerprint density at radius 2 is 1.90 bits per heavy atom. The second-order valence-corrected chi connectivity index (χ2v) is 5.75. The summed E-state index contributed by atoms with van der Waals surface area (Å²) >= 11 is 0. The molecule has 0 saturated heterocycles. The summed E-state index contributed by atoms with van der Waals surface area (Å²) in [4.78, 5) is 6.52. The van der Waals surface area contributed by atoms with Crippen molar-refractivity contribution in [3.8, 4) is 0 Å². The zero-order valence-corrected chi connectivity index (χ0v) is 11.7. The second kappa shape index (κ2) is 4.98. The van der Waals surface area contributed by atoms with Gasteiger partial charge in [-0.3, -0.25) is 14.4 Å². The monoisotopic (exact) mass is 321 g/mol. The van der Waals surface area contributed by atoms with Gasteiger partial charge in [-0.2, -0.15) is 26.7 Å². The molecule has 0 radical (unpaired) electrons. The van der Waals surface area contributed by atoms with E-state index in [4.69, 9.17) is 0 Å². The molecule has 0 aliphatic carbocycles. The Balaban J connectivity index is 2.38. The van der Waals surface area contributed by atoms with E-state index in [2.05, 4.69) is 15.1 Å². The minimum atomic E-state index is -4.71. The maximum atomic E-state index is 12.5. The van der Waals surface area contributed by atoms with Crippen molar-refractivity contribution in [2.24, 2.45) is 7.05 Å². The Labute approximate surface area is 117 Å². The molecule has 2 heterocycles. The quantitative estimate of drug-likeness (QED) is 0.921. The molecule has 0 aliphatic rings. The van der Waals surface area contributed by atoms with Crippen LogP contribution >= 0.6 is 0 Å². The third-order valence-electron chi connectivity index (χ3n) is 2.47. The summed E-state index contributed by atoms with van der Waals surface area (Å²) < 4.78 is 64.9.